The molecule has 0 unspecified atom stereocenters. The van der Waals surface area contributed by atoms with E-state index in [2.05, 4.69) is 26.1 Å². The molecular formula is C6H10BrN3. The van der Waals surface area contributed by atoms with Crippen LogP contribution in [0, 0.1) is 6.92 Å². The molecule has 0 saturated carbocycles. The molecule has 1 aromatic rings. The summed E-state index contributed by atoms with van der Waals surface area (Å²) < 4.78 is 0.885. The Kier molecular flexibility index (Phi) is 2.45. The molecule has 0 saturated heterocycles. The van der Waals surface area contributed by atoms with Crippen LogP contribution in [-0.4, -0.2) is 16.7 Å². The summed E-state index contributed by atoms with van der Waals surface area (Å²) in [5.41, 5.74) is 7.65. The van der Waals surface area contributed by atoms with Gasteiger partial charge in [0.05, 0.1) is 0 Å². The summed E-state index contributed by atoms with van der Waals surface area (Å²) >= 11 is 3.30. The predicted molar refractivity (Wildman–Crippen MR) is 43.8 cm³/mol. The third-order valence-electron chi connectivity index (χ3n) is 1.45. The molecule has 0 aliphatic rings. The topological polar surface area (TPSA) is 54.7 Å². The molecule has 1 rings (SSSR count). The van der Waals surface area contributed by atoms with Crippen LogP contribution in [0.25, 0.3) is 0 Å². The van der Waals surface area contributed by atoms with Crippen molar-refractivity contribution >= 4 is 15.9 Å². The van der Waals surface area contributed by atoms with Crippen molar-refractivity contribution in [3.05, 3.63) is 15.9 Å². The number of rotatable bonds is 2. The van der Waals surface area contributed by atoms with E-state index < -0.39 is 0 Å². The molecule has 0 fully saturated rings. The summed E-state index contributed by atoms with van der Waals surface area (Å²) in [7, 11) is 0. The lowest BCUT2D eigenvalue weighted by Crippen LogP contribution is -2.03. The Morgan fingerprint density at radius 3 is 2.80 bits per heavy atom. The lowest BCUT2D eigenvalue weighted by atomic mass is 10.2. The van der Waals surface area contributed by atoms with Crippen LogP contribution in [0.15, 0.2) is 4.60 Å². The minimum atomic E-state index is 0.662. The molecule has 0 spiro atoms. The molecule has 3 N–H and O–H groups in total. The zero-order valence-corrected chi connectivity index (χ0v) is 7.40. The maximum Gasteiger partial charge on any atom is 0.131 e. The molecule has 0 aliphatic carbocycles. The number of hydrogen-bond donors (Lipinski definition) is 2. The van der Waals surface area contributed by atoms with Crippen molar-refractivity contribution < 1.29 is 0 Å². The predicted octanol–water partition coefficient (Wildman–Crippen LogP) is 0.982. The number of nitrogens with two attached hydrogens (primary N) is 1. The zero-order valence-electron chi connectivity index (χ0n) is 5.82. The SMILES string of the molecule is Cc1c(Br)n[nH]c1CCN. The van der Waals surface area contributed by atoms with Gasteiger partial charge in [0.2, 0.25) is 0 Å². The Morgan fingerprint density at radius 1 is 1.70 bits per heavy atom. The average Bonchev–Trinajstić information content (AvgIpc) is 2.20. The average molecular weight is 204 g/mol. The second-order valence-electron chi connectivity index (χ2n) is 2.16. The fraction of sp³-hybridized carbons (Fsp3) is 0.500. The second kappa shape index (κ2) is 3.16. The molecule has 0 radical (unpaired) electrons. The zero-order chi connectivity index (χ0) is 7.56. The minimum Gasteiger partial charge on any atom is -0.330 e. The molecule has 0 amide bonds. The summed E-state index contributed by atoms with van der Waals surface area (Å²) in [4.78, 5) is 0. The van der Waals surface area contributed by atoms with Crippen LogP contribution >= 0.6 is 15.9 Å². The van der Waals surface area contributed by atoms with Gasteiger partial charge in [-0.1, -0.05) is 0 Å². The summed E-state index contributed by atoms with van der Waals surface area (Å²) in [5, 5.41) is 6.87. The van der Waals surface area contributed by atoms with E-state index in [1.54, 1.807) is 0 Å². The second-order valence-corrected chi connectivity index (χ2v) is 2.91. The molecule has 0 aliphatic heterocycles. The minimum absolute atomic E-state index is 0.662. The van der Waals surface area contributed by atoms with Crippen LogP contribution < -0.4 is 5.73 Å². The van der Waals surface area contributed by atoms with Crippen LogP contribution in [0.4, 0.5) is 0 Å². The Morgan fingerprint density at radius 2 is 2.40 bits per heavy atom. The molecule has 0 atom stereocenters. The lowest BCUT2D eigenvalue weighted by Gasteiger charge is -1.92. The van der Waals surface area contributed by atoms with Gasteiger partial charge in [0.1, 0.15) is 4.60 Å². The molecule has 0 bridgehead atoms. The van der Waals surface area contributed by atoms with E-state index in [0.29, 0.717) is 6.54 Å². The van der Waals surface area contributed by atoms with E-state index in [4.69, 9.17) is 5.73 Å². The van der Waals surface area contributed by atoms with E-state index in [-0.39, 0.29) is 0 Å². The van der Waals surface area contributed by atoms with Crippen molar-refractivity contribution in [2.45, 2.75) is 13.3 Å². The van der Waals surface area contributed by atoms with Gasteiger partial charge in [-0.3, -0.25) is 5.10 Å². The van der Waals surface area contributed by atoms with Gasteiger partial charge in [0.25, 0.3) is 0 Å². The van der Waals surface area contributed by atoms with E-state index in [0.717, 1.165) is 22.3 Å². The number of H-pyrrole nitrogens is 1. The monoisotopic (exact) mass is 203 g/mol. The smallest absolute Gasteiger partial charge is 0.131 e. The Hall–Kier alpha value is -0.350. The number of halogens is 1. The highest BCUT2D eigenvalue weighted by atomic mass is 79.9. The van der Waals surface area contributed by atoms with Gasteiger partial charge in [0, 0.05) is 17.7 Å². The standard InChI is InChI=1S/C6H10BrN3/c1-4-5(2-3-8)9-10-6(4)7/h2-3,8H2,1H3,(H,9,10). The maximum absolute atomic E-state index is 5.38. The highest BCUT2D eigenvalue weighted by Gasteiger charge is 2.03. The molecular weight excluding hydrogens is 194 g/mol. The summed E-state index contributed by atoms with van der Waals surface area (Å²) in [6.45, 7) is 2.67. The number of nitrogens with one attached hydrogen (secondary N) is 1. The lowest BCUT2D eigenvalue weighted by molar-refractivity contribution is 0.894. The quantitative estimate of drug-likeness (QED) is 0.754. The molecule has 56 valence electrons. The Balaban J connectivity index is 2.83. The first-order chi connectivity index (χ1) is 4.75. The van der Waals surface area contributed by atoms with E-state index in [9.17, 15) is 0 Å². The first kappa shape index (κ1) is 7.75. The van der Waals surface area contributed by atoms with Gasteiger partial charge in [0.15, 0.2) is 0 Å². The first-order valence-electron chi connectivity index (χ1n) is 3.15. The van der Waals surface area contributed by atoms with Crippen molar-refractivity contribution in [1.82, 2.24) is 10.2 Å². The molecule has 3 nitrogen and oxygen atoms in total. The highest BCUT2D eigenvalue weighted by Crippen LogP contribution is 2.15. The molecule has 1 heterocycles. The summed E-state index contributed by atoms with van der Waals surface area (Å²) in [6.07, 6.45) is 0.866. The number of nitrogens with zero attached hydrogens (tertiary/aromatic N) is 1. The fourth-order valence-corrected chi connectivity index (χ4v) is 1.12. The van der Waals surface area contributed by atoms with Gasteiger partial charge in [-0.2, -0.15) is 5.10 Å². The van der Waals surface area contributed by atoms with Crippen LogP contribution in [-0.2, 0) is 6.42 Å². The molecule has 4 heteroatoms. The van der Waals surface area contributed by atoms with Gasteiger partial charge in [-0.25, -0.2) is 0 Å². The van der Waals surface area contributed by atoms with Gasteiger partial charge in [-0.15, -0.1) is 0 Å². The first-order valence-corrected chi connectivity index (χ1v) is 3.94. The highest BCUT2D eigenvalue weighted by molar-refractivity contribution is 9.10. The van der Waals surface area contributed by atoms with E-state index >= 15 is 0 Å². The largest absolute Gasteiger partial charge is 0.330 e. The number of aromatic amines is 1. The fourth-order valence-electron chi connectivity index (χ4n) is 0.797. The summed E-state index contributed by atoms with van der Waals surface area (Å²) in [5.74, 6) is 0. The van der Waals surface area contributed by atoms with Crippen molar-refractivity contribution in [2.24, 2.45) is 5.73 Å². The van der Waals surface area contributed by atoms with E-state index in [1.165, 1.54) is 0 Å². The molecule has 1 aromatic heterocycles. The van der Waals surface area contributed by atoms with Crippen LogP contribution in [0.5, 0.6) is 0 Å². The third-order valence-corrected chi connectivity index (χ3v) is 2.22. The van der Waals surface area contributed by atoms with Crippen molar-refractivity contribution in [2.75, 3.05) is 6.54 Å². The Bertz CT molecular complexity index is 219. The van der Waals surface area contributed by atoms with Crippen LogP contribution in [0.2, 0.25) is 0 Å². The molecule has 0 aromatic carbocycles. The van der Waals surface area contributed by atoms with Crippen LogP contribution in [0.3, 0.4) is 0 Å². The van der Waals surface area contributed by atoms with Gasteiger partial charge >= 0.3 is 0 Å². The van der Waals surface area contributed by atoms with Crippen molar-refractivity contribution in [1.29, 1.82) is 0 Å². The van der Waals surface area contributed by atoms with Crippen molar-refractivity contribution in [3.8, 4) is 0 Å². The van der Waals surface area contributed by atoms with E-state index in [1.807, 2.05) is 6.92 Å². The normalized spacial score (nSPS) is 10.3. The van der Waals surface area contributed by atoms with Crippen molar-refractivity contribution in [3.63, 3.8) is 0 Å². The molecule has 10 heavy (non-hydrogen) atoms. The van der Waals surface area contributed by atoms with Crippen LogP contribution in [0.1, 0.15) is 11.3 Å². The number of hydrogen-bond acceptors (Lipinski definition) is 2. The van der Waals surface area contributed by atoms with Gasteiger partial charge < -0.3 is 5.73 Å². The summed E-state index contributed by atoms with van der Waals surface area (Å²) in [6, 6.07) is 0. The maximum atomic E-state index is 5.38. The third kappa shape index (κ3) is 1.38. The van der Waals surface area contributed by atoms with Gasteiger partial charge in [-0.05, 0) is 29.4 Å². The number of aromatic nitrogens is 2. The Labute approximate surface area is 68.1 Å².